The Balaban J connectivity index is 2.16. The molecule has 18 heavy (non-hydrogen) atoms. The summed E-state index contributed by atoms with van der Waals surface area (Å²) in [5.41, 5.74) is 6.54. The minimum atomic E-state index is -0.333. The van der Waals surface area contributed by atoms with Gasteiger partial charge in [-0.3, -0.25) is 9.78 Å². The molecule has 1 fully saturated rings. The number of hydrogen-bond donors (Lipinski definition) is 2. The molecule has 3 N–H and O–H groups in total. The van der Waals surface area contributed by atoms with Gasteiger partial charge in [-0.2, -0.15) is 0 Å². The molecule has 1 aromatic rings. The fourth-order valence-electron chi connectivity index (χ4n) is 2.08. The number of nitrogens with two attached hydrogens (primary N) is 1. The van der Waals surface area contributed by atoms with E-state index < -0.39 is 0 Å². The summed E-state index contributed by atoms with van der Waals surface area (Å²) in [6, 6.07) is 1.60. The lowest BCUT2D eigenvalue weighted by Gasteiger charge is -2.36. The first kappa shape index (κ1) is 12.8. The van der Waals surface area contributed by atoms with Gasteiger partial charge in [-0.05, 0) is 13.0 Å². The normalized spacial score (nSPS) is 24.0. The van der Waals surface area contributed by atoms with E-state index in [0.29, 0.717) is 24.3 Å². The molecule has 2 heterocycles. The Morgan fingerprint density at radius 3 is 3.11 bits per heavy atom. The number of nitrogens with zero attached hydrogens (tertiary/aromatic N) is 2. The lowest BCUT2D eigenvalue weighted by molar-refractivity contribution is -0.0858. The molecule has 98 valence electrons. The van der Waals surface area contributed by atoms with Crippen molar-refractivity contribution < 1.29 is 14.6 Å². The molecule has 2 unspecified atom stereocenters. The minimum absolute atomic E-state index is 0.0945. The first-order chi connectivity index (χ1) is 8.61. The van der Waals surface area contributed by atoms with Crippen LogP contribution in [-0.2, 0) is 4.74 Å². The molecule has 0 bridgehead atoms. The van der Waals surface area contributed by atoms with Gasteiger partial charge in [0.25, 0.3) is 5.91 Å². The number of nitrogen functional groups attached to an aromatic ring is 1. The SMILES string of the molecule is CC1CN(C(=O)c2ccncc2N)CC(CO)O1. The number of carbonyl (C=O) groups is 1. The van der Waals surface area contributed by atoms with Gasteiger partial charge < -0.3 is 20.5 Å². The molecule has 2 atom stereocenters. The van der Waals surface area contributed by atoms with Crippen molar-refractivity contribution in [1.29, 1.82) is 0 Å². The second kappa shape index (κ2) is 5.32. The maximum atomic E-state index is 12.3. The zero-order valence-electron chi connectivity index (χ0n) is 10.2. The zero-order valence-corrected chi connectivity index (χ0v) is 10.2. The third kappa shape index (κ3) is 2.60. The lowest BCUT2D eigenvalue weighted by atomic mass is 10.1. The summed E-state index contributed by atoms with van der Waals surface area (Å²) in [4.78, 5) is 17.8. The smallest absolute Gasteiger partial charge is 0.256 e. The highest BCUT2D eigenvalue weighted by atomic mass is 16.5. The van der Waals surface area contributed by atoms with Crippen LogP contribution in [-0.4, -0.2) is 52.8 Å². The van der Waals surface area contributed by atoms with E-state index in [2.05, 4.69) is 4.98 Å². The summed E-state index contributed by atoms with van der Waals surface area (Å²) in [7, 11) is 0. The maximum absolute atomic E-state index is 12.3. The predicted molar refractivity (Wildman–Crippen MR) is 66.0 cm³/mol. The van der Waals surface area contributed by atoms with Crippen LogP contribution in [0.1, 0.15) is 17.3 Å². The number of morpholine rings is 1. The lowest BCUT2D eigenvalue weighted by Crippen LogP contribution is -2.50. The quantitative estimate of drug-likeness (QED) is 0.765. The first-order valence-corrected chi connectivity index (χ1v) is 5.87. The summed E-state index contributed by atoms with van der Waals surface area (Å²) in [5, 5.41) is 9.14. The molecule has 6 nitrogen and oxygen atoms in total. The van der Waals surface area contributed by atoms with E-state index in [1.807, 2.05) is 6.92 Å². The summed E-state index contributed by atoms with van der Waals surface area (Å²) in [6.07, 6.45) is 2.57. The largest absolute Gasteiger partial charge is 0.397 e. The molecule has 1 aliphatic heterocycles. The maximum Gasteiger partial charge on any atom is 0.256 e. The average molecular weight is 251 g/mol. The fraction of sp³-hybridized carbons (Fsp3) is 0.500. The van der Waals surface area contributed by atoms with E-state index in [0.717, 1.165) is 0 Å². The highest BCUT2D eigenvalue weighted by Crippen LogP contribution is 2.17. The van der Waals surface area contributed by atoms with Crippen molar-refractivity contribution >= 4 is 11.6 Å². The van der Waals surface area contributed by atoms with Crippen molar-refractivity contribution in [2.24, 2.45) is 0 Å². The third-order valence-electron chi connectivity index (χ3n) is 2.90. The number of pyridine rings is 1. The van der Waals surface area contributed by atoms with Crippen molar-refractivity contribution in [2.45, 2.75) is 19.1 Å². The molecule has 0 radical (unpaired) electrons. The van der Waals surface area contributed by atoms with Gasteiger partial charge in [0.05, 0.1) is 36.3 Å². The minimum Gasteiger partial charge on any atom is -0.397 e. The molecule has 0 aliphatic carbocycles. The second-order valence-electron chi connectivity index (χ2n) is 4.42. The Hall–Kier alpha value is -1.66. The van der Waals surface area contributed by atoms with Gasteiger partial charge in [-0.1, -0.05) is 0 Å². The van der Waals surface area contributed by atoms with Crippen molar-refractivity contribution in [3.63, 3.8) is 0 Å². The molecule has 1 aromatic heterocycles. The second-order valence-corrected chi connectivity index (χ2v) is 4.42. The van der Waals surface area contributed by atoms with Crippen LogP contribution in [0.5, 0.6) is 0 Å². The van der Waals surface area contributed by atoms with Crippen LogP contribution in [0.25, 0.3) is 0 Å². The number of ether oxygens (including phenoxy) is 1. The number of aliphatic hydroxyl groups is 1. The van der Waals surface area contributed by atoms with Crippen LogP contribution < -0.4 is 5.73 Å². The zero-order chi connectivity index (χ0) is 13.1. The van der Waals surface area contributed by atoms with Crippen molar-refractivity contribution in [2.75, 3.05) is 25.4 Å². The van der Waals surface area contributed by atoms with Gasteiger partial charge in [0.2, 0.25) is 0 Å². The summed E-state index contributed by atoms with van der Waals surface area (Å²) >= 11 is 0. The van der Waals surface area contributed by atoms with Crippen LogP contribution in [0.4, 0.5) is 5.69 Å². The van der Waals surface area contributed by atoms with Gasteiger partial charge in [-0.15, -0.1) is 0 Å². The molecule has 0 aromatic carbocycles. The molecule has 6 heteroatoms. The average Bonchev–Trinajstić information content (AvgIpc) is 2.37. The van der Waals surface area contributed by atoms with Crippen molar-refractivity contribution in [3.05, 3.63) is 24.0 Å². The van der Waals surface area contributed by atoms with E-state index in [9.17, 15) is 4.79 Å². The van der Waals surface area contributed by atoms with E-state index in [1.54, 1.807) is 11.0 Å². The molecule has 0 spiro atoms. The van der Waals surface area contributed by atoms with Crippen LogP contribution in [0.2, 0.25) is 0 Å². The topological polar surface area (TPSA) is 88.7 Å². The van der Waals surface area contributed by atoms with E-state index in [-0.39, 0.29) is 24.7 Å². The number of aromatic nitrogens is 1. The third-order valence-corrected chi connectivity index (χ3v) is 2.90. The summed E-state index contributed by atoms with van der Waals surface area (Å²) in [6.45, 7) is 2.65. The van der Waals surface area contributed by atoms with Gasteiger partial charge in [0, 0.05) is 19.3 Å². The Kier molecular flexibility index (Phi) is 3.78. The van der Waals surface area contributed by atoms with Crippen LogP contribution in [0.3, 0.4) is 0 Å². The molecule has 1 aliphatic rings. The number of rotatable bonds is 2. The Morgan fingerprint density at radius 2 is 2.44 bits per heavy atom. The molecule has 0 saturated carbocycles. The molecular formula is C12H17N3O3. The van der Waals surface area contributed by atoms with Crippen LogP contribution in [0, 0.1) is 0 Å². The number of anilines is 1. The summed E-state index contributed by atoms with van der Waals surface area (Å²) in [5.74, 6) is -0.150. The molecule has 2 rings (SSSR count). The highest BCUT2D eigenvalue weighted by Gasteiger charge is 2.29. The van der Waals surface area contributed by atoms with Gasteiger partial charge in [0.1, 0.15) is 0 Å². The molecule has 1 amide bonds. The standard InChI is InChI=1S/C12H17N3O3/c1-8-5-15(6-9(7-16)18-8)12(17)10-2-3-14-4-11(10)13/h2-4,8-9,16H,5-7,13H2,1H3. The van der Waals surface area contributed by atoms with Gasteiger partial charge in [-0.25, -0.2) is 0 Å². The summed E-state index contributed by atoms with van der Waals surface area (Å²) < 4.78 is 5.49. The molecule has 1 saturated heterocycles. The highest BCUT2D eigenvalue weighted by molar-refractivity contribution is 5.98. The Labute approximate surface area is 105 Å². The number of amides is 1. The van der Waals surface area contributed by atoms with Crippen molar-refractivity contribution in [1.82, 2.24) is 9.88 Å². The van der Waals surface area contributed by atoms with Gasteiger partial charge in [0.15, 0.2) is 0 Å². The number of hydrogen-bond acceptors (Lipinski definition) is 5. The van der Waals surface area contributed by atoms with Crippen molar-refractivity contribution in [3.8, 4) is 0 Å². The van der Waals surface area contributed by atoms with E-state index in [4.69, 9.17) is 15.6 Å². The Bertz CT molecular complexity index is 438. The van der Waals surface area contributed by atoms with E-state index >= 15 is 0 Å². The number of aliphatic hydroxyl groups excluding tert-OH is 1. The van der Waals surface area contributed by atoms with E-state index in [1.165, 1.54) is 12.4 Å². The van der Waals surface area contributed by atoms with Gasteiger partial charge >= 0.3 is 0 Å². The Morgan fingerprint density at radius 1 is 1.67 bits per heavy atom. The number of carbonyl (C=O) groups excluding carboxylic acids is 1. The van der Waals surface area contributed by atoms with Crippen LogP contribution >= 0.6 is 0 Å². The predicted octanol–water partition coefficient (Wildman–Crippen LogP) is -0.114. The van der Waals surface area contributed by atoms with Crippen LogP contribution in [0.15, 0.2) is 18.5 Å². The first-order valence-electron chi connectivity index (χ1n) is 5.87. The molecular weight excluding hydrogens is 234 g/mol. The monoisotopic (exact) mass is 251 g/mol. The fourth-order valence-corrected chi connectivity index (χ4v) is 2.08.